The molecule has 0 unspecified atom stereocenters. The first-order valence-corrected chi connectivity index (χ1v) is 6.66. The maximum atomic E-state index is 10.9. The van der Waals surface area contributed by atoms with E-state index in [0.717, 1.165) is 31.1 Å². The second-order valence-electron chi connectivity index (χ2n) is 5.03. The smallest absolute Gasteiger partial charge is 0.146 e. The highest BCUT2D eigenvalue weighted by molar-refractivity contribution is 5.83. The molecule has 0 atom stereocenters. The SMILES string of the molecule is O=CC1=Cc2cc(Cc3ccccc3)ccc2CC1. The molecule has 1 aliphatic rings. The van der Waals surface area contributed by atoms with Crippen LogP contribution in [0.4, 0.5) is 0 Å². The fourth-order valence-electron chi connectivity index (χ4n) is 2.59. The Kier molecular flexibility index (Phi) is 3.28. The van der Waals surface area contributed by atoms with E-state index >= 15 is 0 Å². The molecule has 19 heavy (non-hydrogen) atoms. The number of benzene rings is 2. The van der Waals surface area contributed by atoms with Gasteiger partial charge in [-0.2, -0.15) is 0 Å². The lowest BCUT2D eigenvalue weighted by molar-refractivity contribution is -0.105. The largest absolute Gasteiger partial charge is 0.298 e. The monoisotopic (exact) mass is 248 g/mol. The van der Waals surface area contributed by atoms with Gasteiger partial charge in [-0.05, 0) is 53.2 Å². The highest BCUT2D eigenvalue weighted by Gasteiger charge is 2.10. The summed E-state index contributed by atoms with van der Waals surface area (Å²) in [5.41, 5.74) is 6.08. The summed E-state index contributed by atoms with van der Waals surface area (Å²) in [6.07, 6.45) is 5.80. The van der Waals surface area contributed by atoms with Crippen LogP contribution in [0.15, 0.2) is 54.1 Å². The van der Waals surface area contributed by atoms with E-state index in [4.69, 9.17) is 0 Å². The van der Waals surface area contributed by atoms with Crippen LogP contribution in [-0.2, 0) is 17.6 Å². The van der Waals surface area contributed by atoms with E-state index in [-0.39, 0.29) is 0 Å². The van der Waals surface area contributed by atoms with Crippen LogP contribution in [0.5, 0.6) is 0 Å². The van der Waals surface area contributed by atoms with Crippen molar-refractivity contribution in [2.45, 2.75) is 19.3 Å². The number of carbonyl (C=O) groups excluding carboxylic acids is 1. The maximum absolute atomic E-state index is 10.9. The molecule has 1 nitrogen and oxygen atoms in total. The molecule has 0 fully saturated rings. The quantitative estimate of drug-likeness (QED) is 0.755. The Hall–Kier alpha value is -2.15. The van der Waals surface area contributed by atoms with Gasteiger partial charge < -0.3 is 0 Å². The molecule has 0 aliphatic heterocycles. The molecule has 0 saturated heterocycles. The highest BCUT2D eigenvalue weighted by Crippen LogP contribution is 2.24. The van der Waals surface area contributed by atoms with Crippen LogP contribution in [0, 0.1) is 0 Å². The normalized spacial score (nSPS) is 13.6. The van der Waals surface area contributed by atoms with E-state index in [9.17, 15) is 4.79 Å². The molecule has 0 spiro atoms. The minimum Gasteiger partial charge on any atom is -0.298 e. The number of hydrogen-bond acceptors (Lipinski definition) is 1. The molecule has 2 aromatic carbocycles. The Morgan fingerprint density at radius 1 is 0.947 bits per heavy atom. The van der Waals surface area contributed by atoms with Crippen molar-refractivity contribution in [3.63, 3.8) is 0 Å². The molecule has 0 heterocycles. The Labute approximate surface area is 113 Å². The third-order valence-corrected chi connectivity index (χ3v) is 3.64. The Morgan fingerprint density at radius 3 is 2.58 bits per heavy atom. The summed E-state index contributed by atoms with van der Waals surface area (Å²) in [7, 11) is 0. The first-order chi connectivity index (χ1) is 9.35. The number of hydrogen-bond donors (Lipinski definition) is 0. The number of aryl methyl sites for hydroxylation is 1. The summed E-state index contributed by atoms with van der Waals surface area (Å²) in [5.74, 6) is 0. The second kappa shape index (κ2) is 5.23. The van der Waals surface area contributed by atoms with E-state index in [1.54, 1.807) is 0 Å². The van der Waals surface area contributed by atoms with Crippen LogP contribution in [0.25, 0.3) is 6.08 Å². The van der Waals surface area contributed by atoms with Gasteiger partial charge in [0.15, 0.2) is 0 Å². The zero-order chi connectivity index (χ0) is 13.1. The third-order valence-electron chi connectivity index (χ3n) is 3.64. The lowest BCUT2D eigenvalue weighted by Crippen LogP contribution is -2.01. The fraction of sp³-hybridized carbons (Fsp3) is 0.167. The number of fused-ring (bicyclic) bond motifs is 1. The zero-order valence-corrected chi connectivity index (χ0v) is 10.8. The number of rotatable bonds is 3. The van der Waals surface area contributed by atoms with E-state index in [1.807, 2.05) is 12.1 Å². The molecule has 0 saturated carbocycles. The molecule has 1 heteroatoms. The average molecular weight is 248 g/mol. The molecule has 0 aromatic heterocycles. The van der Waals surface area contributed by atoms with Gasteiger partial charge in [0.1, 0.15) is 6.29 Å². The maximum Gasteiger partial charge on any atom is 0.146 e. The standard InChI is InChI=1S/C18H16O/c19-13-16-7-9-17-8-6-15(11-18(17)12-16)10-14-4-2-1-3-5-14/h1-6,8,11-13H,7,9-10H2. The molecule has 0 N–H and O–H groups in total. The van der Waals surface area contributed by atoms with Gasteiger partial charge in [-0.15, -0.1) is 0 Å². The van der Waals surface area contributed by atoms with Gasteiger partial charge in [0.2, 0.25) is 0 Å². The van der Waals surface area contributed by atoms with Gasteiger partial charge in [0.05, 0.1) is 0 Å². The lowest BCUT2D eigenvalue weighted by atomic mass is 9.90. The zero-order valence-electron chi connectivity index (χ0n) is 10.8. The van der Waals surface area contributed by atoms with Crippen molar-refractivity contribution in [2.24, 2.45) is 0 Å². The molecule has 0 radical (unpaired) electrons. The summed E-state index contributed by atoms with van der Waals surface area (Å²) in [5, 5.41) is 0. The van der Waals surface area contributed by atoms with Crippen LogP contribution in [-0.4, -0.2) is 6.29 Å². The second-order valence-corrected chi connectivity index (χ2v) is 5.03. The van der Waals surface area contributed by atoms with Crippen LogP contribution < -0.4 is 0 Å². The number of carbonyl (C=O) groups is 1. The predicted molar refractivity (Wildman–Crippen MR) is 78.1 cm³/mol. The van der Waals surface area contributed by atoms with Gasteiger partial charge in [0.25, 0.3) is 0 Å². The van der Waals surface area contributed by atoms with E-state index in [0.29, 0.717) is 0 Å². The van der Waals surface area contributed by atoms with Gasteiger partial charge in [-0.3, -0.25) is 4.79 Å². The molecule has 0 amide bonds. The number of allylic oxidation sites excluding steroid dienone is 1. The molecule has 0 bridgehead atoms. The van der Waals surface area contributed by atoms with Crippen LogP contribution >= 0.6 is 0 Å². The molecule has 1 aliphatic carbocycles. The average Bonchev–Trinajstić information content (AvgIpc) is 2.47. The van der Waals surface area contributed by atoms with E-state index in [1.165, 1.54) is 22.3 Å². The summed E-state index contributed by atoms with van der Waals surface area (Å²) >= 11 is 0. The Morgan fingerprint density at radius 2 is 1.79 bits per heavy atom. The molecule has 94 valence electrons. The third kappa shape index (κ3) is 2.65. The topological polar surface area (TPSA) is 17.1 Å². The Bertz CT molecular complexity index is 623. The van der Waals surface area contributed by atoms with Crippen molar-refractivity contribution in [2.75, 3.05) is 0 Å². The van der Waals surface area contributed by atoms with Crippen molar-refractivity contribution in [3.05, 3.63) is 76.4 Å². The molecular formula is C18H16O. The highest BCUT2D eigenvalue weighted by atomic mass is 16.1. The van der Waals surface area contributed by atoms with Crippen LogP contribution in [0.2, 0.25) is 0 Å². The summed E-state index contributed by atoms with van der Waals surface area (Å²) < 4.78 is 0. The number of aldehydes is 1. The summed E-state index contributed by atoms with van der Waals surface area (Å²) in [6, 6.07) is 17.1. The van der Waals surface area contributed by atoms with Crippen molar-refractivity contribution < 1.29 is 4.79 Å². The minimum absolute atomic E-state index is 0.870. The van der Waals surface area contributed by atoms with Gasteiger partial charge >= 0.3 is 0 Å². The van der Waals surface area contributed by atoms with Crippen molar-refractivity contribution in [1.29, 1.82) is 0 Å². The fourth-order valence-corrected chi connectivity index (χ4v) is 2.59. The van der Waals surface area contributed by atoms with Crippen molar-refractivity contribution in [3.8, 4) is 0 Å². The van der Waals surface area contributed by atoms with Crippen LogP contribution in [0.3, 0.4) is 0 Å². The van der Waals surface area contributed by atoms with Gasteiger partial charge in [-0.1, -0.05) is 48.5 Å². The van der Waals surface area contributed by atoms with Gasteiger partial charge in [-0.25, -0.2) is 0 Å². The Balaban J connectivity index is 1.90. The van der Waals surface area contributed by atoms with Gasteiger partial charge in [0, 0.05) is 0 Å². The molecule has 3 rings (SSSR count). The molecule has 2 aromatic rings. The first-order valence-electron chi connectivity index (χ1n) is 6.66. The van der Waals surface area contributed by atoms with Crippen LogP contribution in [0.1, 0.15) is 28.7 Å². The lowest BCUT2D eigenvalue weighted by Gasteiger charge is -2.14. The predicted octanol–water partition coefficient (Wildman–Crippen LogP) is 3.81. The van der Waals surface area contributed by atoms with E-state index in [2.05, 4.69) is 42.5 Å². The summed E-state index contributed by atoms with van der Waals surface area (Å²) in [6.45, 7) is 0. The van der Waals surface area contributed by atoms with E-state index < -0.39 is 0 Å². The van der Waals surface area contributed by atoms with Crippen molar-refractivity contribution in [1.82, 2.24) is 0 Å². The van der Waals surface area contributed by atoms with Crippen molar-refractivity contribution >= 4 is 12.4 Å². The minimum atomic E-state index is 0.870. The first kappa shape index (κ1) is 11.9. The summed E-state index contributed by atoms with van der Waals surface area (Å²) in [4.78, 5) is 10.9. The molecular weight excluding hydrogens is 232 g/mol.